The van der Waals surface area contributed by atoms with Gasteiger partial charge in [0.1, 0.15) is 0 Å². The molecule has 0 saturated carbocycles. The van der Waals surface area contributed by atoms with E-state index < -0.39 is 0 Å². The molecule has 5 nitrogen and oxygen atoms in total. The molecular formula is C10H17N5. The molecule has 0 amide bonds. The third-order valence-electron chi connectivity index (χ3n) is 2.08. The minimum Gasteiger partial charge on any atom is -0.403 e. The minimum absolute atomic E-state index is 0.524. The van der Waals surface area contributed by atoms with Crippen LogP contribution in [0.1, 0.15) is 12.6 Å². The molecule has 5 heteroatoms. The Labute approximate surface area is 89.5 Å². The van der Waals surface area contributed by atoms with E-state index in [1.165, 1.54) is 6.20 Å². The minimum atomic E-state index is 0.524. The van der Waals surface area contributed by atoms with Crippen molar-refractivity contribution in [1.29, 1.82) is 0 Å². The van der Waals surface area contributed by atoms with Gasteiger partial charge in [0.15, 0.2) is 0 Å². The van der Waals surface area contributed by atoms with Gasteiger partial charge in [-0.05, 0) is 13.0 Å². The lowest BCUT2D eigenvalue weighted by molar-refractivity contribution is 0.739. The summed E-state index contributed by atoms with van der Waals surface area (Å²) in [6.45, 7) is 2.52. The number of nitrogens with two attached hydrogens (primary N) is 2. The monoisotopic (exact) mass is 207 g/mol. The molecule has 1 heterocycles. The number of allylic oxidation sites excluding steroid dienone is 1. The quantitative estimate of drug-likeness (QED) is 0.691. The van der Waals surface area contributed by atoms with Crippen molar-refractivity contribution in [2.24, 2.45) is 23.5 Å². The van der Waals surface area contributed by atoms with Gasteiger partial charge in [-0.3, -0.25) is 9.67 Å². The summed E-state index contributed by atoms with van der Waals surface area (Å²) >= 11 is 0. The van der Waals surface area contributed by atoms with E-state index in [1.807, 2.05) is 26.2 Å². The highest BCUT2D eigenvalue weighted by Gasteiger charge is 1.97. The predicted octanol–water partition coefficient (Wildman–Crippen LogP) is 0.182. The Bertz CT molecular complexity index is 375. The van der Waals surface area contributed by atoms with Crippen LogP contribution < -0.4 is 11.5 Å². The fourth-order valence-electron chi connectivity index (χ4n) is 1.15. The molecule has 1 rings (SSSR count). The number of aromatic nitrogens is 2. The van der Waals surface area contributed by atoms with Gasteiger partial charge in [-0.15, -0.1) is 0 Å². The van der Waals surface area contributed by atoms with Crippen molar-refractivity contribution in [1.82, 2.24) is 9.78 Å². The Morgan fingerprint density at radius 2 is 2.40 bits per heavy atom. The molecule has 0 fully saturated rings. The fraction of sp³-hybridized carbons (Fsp3) is 0.400. The zero-order valence-electron chi connectivity index (χ0n) is 9.14. The van der Waals surface area contributed by atoms with Crippen molar-refractivity contribution in [2.75, 3.05) is 6.54 Å². The molecule has 0 aromatic carbocycles. The summed E-state index contributed by atoms with van der Waals surface area (Å²) in [7, 11) is 1.90. The summed E-state index contributed by atoms with van der Waals surface area (Å²) in [6, 6.07) is 1.98. The van der Waals surface area contributed by atoms with Crippen LogP contribution in [-0.2, 0) is 13.5 Å². The van der Waals surface area contributed by atoms with Crippen LogP contribution in [0.3, 0.4) is 0 Å². The van der Waals surface area contributed by atoms with Gasteiger partial charge in [-0.25, -0.2) is 0 Å². The standard InChI is InChI=1S/C10H17N5/c1-8(10(12)7-11)13-5-3-9-4-6-15(2)14-9/h4,6-7H,3,5,11-12H2,1-2H3/b10-7+,13-8?. The summed E-state index contributed by atoms with van der Waals surface area (Å²) in [5.41, 5.74) is 13.2. The van der Waals surface area contributed by atoms with Gasteiger partial charge in [0.2, 0.25) is 0 Å². The van der Waals surface area contributed by atoms with E-state index in [1.54, 1.807) is 4.68 Å². The maximum Gasteiger partial charge on any atom is 0.0682 e. The first-order valence-corrected chi connectivity index (χ1v) is 4.81. The van der Waals surface area contributed by atoms with E-state index in [2.05, 4.69) is 10.1 Å². The zero-order valence-corrected chi connectivity index (χ0v) is 9.14. The van der Waals surface area contributed by atoms with Crippen LogP contribution in [0.2, 0.25) is 0 Å². The SMILES string of the molecule is CC(=NCCc1ccn(C)n1)/C(N)=C\N. The zero-order chi connectivity index (χ0) is 11.3. The van der Waals surface area contributed by atoms with E-state index in [4.69, 9.17) is 11.5 Å². The van der Waals surface area contributed by atoms with Crippen molar-refractivity contribution in [3.05, 3.63) is 29.9 Å². The Morgan fingerprint density at radius 3 is 2.93 bits per heavy atom. The molecule has 0 saturated heterocycles. The summed E-state index contributed by atoms with van der Waals surface area (Å²) < 4.78 is 1.78. The number of hydrogen-bond acceptors (Lipinski definition) is 4. The van der Waals surface area contributed by atoms with Gasteiger partial charge in [-0.1, -0.05) is 0 Å². The van der Waals surface area contributed by atoms with Crippen LogP contribution in [-0.4, -0.2) is 22.0 Å². The molecule has 4 N–H and O–H groups in total. The Kier molecular flexibility index (Phi) is 3.91. The van der Waals surface area contributed by atoms with E-state index >= 15 is 0 Å². The molecule has 0 atom stereocenters. The van der Waals surface area contributed by atoms with Crippen LogP contribution in [0, 0.1) is 0 Å². The second kappa shape index (κ2) is 5.19. The topological polar surface area (TPSA) is 82.2 Å². The number of aliphatic imine (C=N–C) groups is 1. The van der Waals surface area contributed by atoms with Crippen molar-refractivity contribution >= 4 is 5.71 Å². The first kappa shape index (κ1) is 11.3. The van der Waals surface area contributed by atoms with Crippen LogP contribution in [0.5, 0.6) is 0 Å². The smallest absolute Gasteiger partial charge is 0.0682 e. The molecule has 0 spiro atoms. The molecule has 0 radical (unpaired) electrons. The van der Waals surface area contributed by atoms with Crippen molar-refractivity contribution in [2.45, 2.75) is 13.3 Å². The normalized spacial score (nSPS) is 13.2. The molecule has 1 aromatic rings. The van der Waals surface area contributed by atoms with E-state index in [9.17, 15) is 0 Å². The summed E-state index contributed by atoms with van der Waals surface area (Å²) in [5, 5.41) is 4.25. The van der Waals surface area contributed by atoms with Crippen LogP contribution >= 0.6 is 0 Å². The van der Waals surface area contributed by atoms with Gasteiger partial charge < -0.3 is 11.5 Å². The van der Waals surface area contributed by atoms with E-state index in [0.29, 0.717) is 12.2 Å². The largest absolute Gasteiger partial charge is 0.403 e. The molecule has 82 valence electrons. The lowest BCUT2D eigenvalue weighted by atomic mass is 10.3. The summed E-state index contributed by atoms with van der Waals surface area (Å²) in [4.78, 5) is 4.29. The fourth-order valence-corrected chi connectivity index (χ4v) is 1.15. The Hall–Kier alpha value is -1.78. The predicted molar refractivity (Wildman–Crippen MR) is 61.3 cm³/mol. The number of nitrogens with zero attached hydrogens (tertiary/aromatic N) is 3. The van der Waals surface area contributed by atoms with Gasteiger partial charge in [-0.2, -0.15) is 5.10 Å². The first-order valence-electron chi connectivity index (χ1n) is 4.81. The molecular weight excluding hydrogens is 190 g/mol. The second-order valence-electron chi connectivity index (χ2n) is 3.32. The average Bonchev–Trinajstić information content (AvgIpc) is 2.63. The first-order chi connectivity index (χ1) is 7.13. The molecule has 0 unspecified atom stereocenters. The Balaban J connectivity index is 2.45. The maximum absolute atomic E-state index is 5.59. The molecule has 15 heavy (non-hydrogen) atoms. The molecule has 0 aliphatic carbocycles. The van der Waals surface area contributed by atoms with Gasteiger partial charge in [0, 0.05) is 32.4 Å². The summed E-state index contributed by atoms with van der Waals surface area (Å²) in [6.07, 6.45) is 4.09. The van der Waals surface area contributed by atoms with Crippen molar-refractivity contribution < 1.29 is 0 Å². The van der Waals surface area contributed by atoms with E-state index in [-0.39, 0.29) is 0 Å². The number of aryl methyl sites for hydroxylation is 1. The highest BCUT2D eigenvalue weighted by atomic mass is 15.2. The molecule has 0 aliphatic heterocycles. The number of rotatable bonds is 4. The molecule has 0 aliphatic rings. The highest BCUT2D eigenvalue weighted by molar-refractivity contribution is 5.97. The third-order valence-corrected chi connectivity index (χ3v) is 2.08. The van der Waals surface area contributed by atoms with Gasteiger partial charge >= 0.3 is 0 Å². The summed E-state index contributed by atoms with van der Waals surface area (Å²) in [5.74, 6) is 0. The van der Waals surface area contributed by atoms with Crippen LogP contribution in [0.15, 0.2) is 29.2 Å². The maximum atomic E-state index is 5.59. The third kappa shape index (κ3) is 3.46. The van der Waals surface area contributed by atoms with Crippen LogP contribution in [0.25, 0.3) is 0 Å². The van der Waals surface area contributed by atoms with Gasteiger partial charge in [0.05, 0.1) is 17.1 Å². The second-order valence-corrected chi connectivity index (χ2v) is 3.32. The van der Waals surface area contributed by atoms with E-state index in [0.717, 1.165) is 17.8 Å². The average molecular weight is 207 g/mol. The van der Waals surface area contributed by atoms with Crippen molar-refractivity contribution in [3.63, 3.8) is 0 Å². The Morgan fingerprint density at radius 1 is 1.67 bits per heavy atom. The van der Waals surface area contributed by atoms with Crippen LogP contribution in [0.4, 0.5) is 0 Å². The lowest BCUT2D eigenvalue weighted by Crippen LogP contribution is -2.10. The van der Waals surface area contributed by atoms with Crippen molar-refractivity contribution in [3.8, 4) is 0 Å². The van der Waals surface area contributed by atoms with Gasteiger partial charge in [0.25, 0.3) is 0 Å². The highest BCUT2D eigenvalue weighted by Crippen LogP contribution is 1.96. The number of hydrogen-bond donors (Lipinski definition) is 2. The lowest BCUT2D eigenvalue weighted by Gasteiger charge is -1.99. The molecule has 1 aromatic heterocycles. The molecule has 0 bridgehead atoms.